The van der Waals surface area contributed by atoms with E-state index < -0.39 is 11.4 Å². The Labute approximate surface area is 119 Å². The topological polar surface area (TPSA) is 72.8 Å². The summed E-state index contributed by atoms with van der Waals surface area (Å²) in [7, 11) is 0. The number of rotatable bonds is 3. The standard InChI is InChI=1S/C15H22N2O3/c1-3-5-13-12(4-2)10-14(16-15(13,19)20)6-8-17(11-18)9-7-14/h3-5,11,16,19-20H,2,6-10H2,1H3/b5-3-. The Morgan fingerprint density at radius 3 is 2.50 bits per heavy atom. The molecular weight excluding hydrogens is 256 g/mol. The predicted octanol–water partition coefficient (Wildman–Crippen LogP) is 0.668. The van der Waals surface area contributed by atoms with E-state index in [4.69, 9.17) is 0 Å². The van der Waals surface area contributed by atoms with Crippen LogP contribution in [0.25, 0.3) is 0 Å². The minimum atomic E-state index is -2.06. The third-order valence-electron chi connectivity index (χ3n) is 4.17. The zero-order chi connectivity index (χ0) is 14.8. The number of allylic oxidation sites excluding steroid dienone is 2. The van der Waals surface area contributed by atoms with Crippen LogP contribution in [0.1, 0.15) is 26.2 Å². The molecule has 0 bridgehead atoms. The maximum Gasteiger partial charge on any atom is 0.251 e. The van der Waals surface area contributed by atoms with Crippen LogP contribution in [0.5, 0.6) is 0 Å². The number of carbonyl (C=O) groups excluding carboxylic acids is 1. The average Bonchev–Trinajstić information content (AvgIpc) is 2.42. The van der Waals surface area contributed by atoms with Crippen molar-refractivity contribution in [3.8, 4) is 0 Å². The molecule has 0 aliphatic carbocycles. The van der Waals surface area contributed by atoms with Gasteiger partial charge in [-0.05, 0) is 31.8 Å². The monoisotopic (exact) mass is 278 g/mol. The lowest BCUT2D eigenvalue weighted by atomic mass is 9.76. The molecule has 0 atom stereocenters. The highest BCUT2D eigenvalue weighted by atomic mass is 16.5. The van der Waals surface area contributed by atoms with Crippen LogP contribution in [-0.4, -0.2) is 46.1 Å². The summed E-state index contributed by atoms with van der Waals surface area (Å²) in [6, 6.07) is 0. The molecule has 0 saturated carbocycles. The lowest BCUT2D eigenvalue weighted by molar-refractivity contribution is -0.178. The van der Waals surface area contributed by atoms with Gasteiger partial charge in [-0.15, -0.1) is 0 Å². The molecule has 0 aromatic rings. The number of carbonyl (C=O) groups is 1. The second kappa shape index (κ2) is 5.52. The van der Waals surface area contributed by atoms with Gasteiger partial charge in [0.05, 0.1) is 0 Å². The van der Waals surface area contributed by atoms with Crippen molar-refractivity contribution in [2.75, 3.05) is 13.1 Å². The van der Waals surface area contributed by atoms with E-state index in [1.54, 1.807) is 23.1 Å². The zero-order valence-electron chi connectivity index (χ0n) is 11.8. The maximum atomic E-state index is 10.8. The fourth-order valence-corrected chi connectivity index (χ4v) is 3.10. The summed E-state index contributed by atoms with van der Waals surface area (Å²) < 4.78 is 0. The van der Waals surface area contributed by atoms with Crippen molar-refractivity contribution < 1.29 is 15.0 Å². The van der Waals surface area contributed by atoms with Gasteiger partial charge >= 0.3 is 0 Å². The molecule has 2 aliphatic rings. The second-order valence-corrected chi connectivity index (χ2v) is 5.54. The molecule has 3 N–H and O–H groups in total. The van der Waals surface area contributed by atoms with Crippen LogP contribution in [0, 0.1) is 0 Å². The smallest absolute Gasteiger partial charge is 0.251 e. The predicted molar refractivity (Wildman–Crippen MR) is 76.6 cm³/mol. The fraction of sp³-hybridized carbons (Fsp3) is 0.533. The third-order valence-corrected chi connectivity index (χ3v) is 4.17. The molecule has 2 aliphatic heterocycles. The lowest BCUT2D eigenvalue weighted by Crippen LogP contribution is -2.65. The Morgan fingerprint density at radius 2 is 2.00 bits per heavy atom. The molecule has 2 heterocycles. The summed E-state index contributed by atoms with van der Waals surface area (Å²) in [4.78, 5) is 12.5. The minimum Gasteiger partial charge on any atom is -0.350 e. The Bertz CT molecular complexity index is 458. The molecular formula is C15H22N2O3. The fourth-order valence-electron chi connectivity index (χ4n) is 3.10. The van der Waals surface area contributed by atoms with Crippen LogP contribution in [0.4, 0.5) is 0 Å². The van der Waals surface area contributed by atoms with Gasteiger partial charge in [0.2, 0.25) is 6.41 Å². The van der Waals surface area contributed by atoms with Gasteiger partial charge < -0.3 is 15.1 Å². The van der Waals surface area contributed by atoms with E-state index in [-0.39, 0.29) is 0 Å². The molecule has 0 aromatic carbocycles. The van der Waals surface area contributed by atoms with E-state index in [2.05, 4.69) is 11.9 Å². The van der Waals surface area contributed by atoms with Crippen molar-refractivity contribution in [2.24, 2.45) is 0 Å². The van der Waals surface area contributed by atoms with E-state index in [9.17, 15) is 15.0 Å². The molecule has 110 valence electrons. The summed E-state index contributed by atoms with van der Waals surface area (Å²) in [5.41, 5.74) is 0.891. The number of nitrogens with one attached hydrogen (secondary N) is 1. The first kappa shape index (κ1) is 15.0. The molecule has 5 nitrogen and oxygen atoms in total. The summed E-state index contributed by atoms with van der Waals surface area (Å²) >= 11 is 0. The molecule has 0 aromatic heterocycles. The highest BCUT2D eigenvalue weighted by Crippen LogP contribution is 2.38. The molecule has 0 unspecified atom stereocenters. The van der Waals surface area contributed by atoms with Crippen LogP contribution in [-0.2, 0) is 4.79 Å². The number of likely N-dealkylation sites (tertiary alicyclic amines) is 1. The highest BCUT2D eigenvalue weighted by Gasteiger charge is 2.46. The van der Waals surface area contributed by atoms with Crippen LogP contribution < -0.4 is 5.32 Å². The highest BCUT2D eigenvalue weighted by molar-refractivity contribution is 5.48. The van der Waals surface area contributed by atoms with Crippen molar-refractivity contribution in [3.05, 3.63) is 36.0 Å². The van der Waals surface area contributed by atoms with Gasteiger partial charge in [-0.25, -0.2) is 0 Å². The van der Waals surface area contributed by atoms with Gasteiger partial charge in [-0.1, -0.05) is 24.8 Å². The van der Waals surface area contributed by atoms with E-state index in [0.29, 0.717) is 37.9 Å². The van der Waals surface area contributed by atoms with Crippen LogP contribution >= 0.6 is 0 Å². The van der Waals surface area contributed by atoms with Crippen LogP contribution in [0.15, 0.2) is 36.0 Å². The Kier molecular flexibility index (Phi) is 4.13. The first-order chi connectivity index (χ1) is 9.46. The molecule has 1 amide bonds. The average molecular weight is 278 g/mol. The van der Waals surface area contributed by atoms with Gasteiger partial charge in [0, 0.05) is 24.2 Å². The number of hydrogen-bond donors (Lipinski definition) is 3. The van der Waals surface area contributed by atoms with Crippen molar-refractivity contribution in [3.63, 3.8) is 0 Å². The molecule has 1 fully saturated rings. The van der Waals surface area contributed by atoms with Gasteiger partial charge in [0.25, 0.3) is 5.91 Å². The molecule has 2 rings (SSSR count). The Hall–Kier alpha value is -1.43. The lowest BCUT2D eigenvalue weighted by Gasteiger charge is -2.48. The summed E-state index contributed by atoms with van der Waals surface area (Å²) in [6.45, 7) is 6.86. The number of nitrogens with zero attached hydrogens (tertiary/aromatic N) is 1. The van der Waals surface area contributed by atoms with Crippen LogP contribution in [0.3, 0.4) is 0 Å². The summed E-state index contributed by atoms with van der Waals surface area (Å²) in [5, 5.41) is 23.6. The molecule has 0 radical (unpaired) electrons. The maximum absolute atomic E-state index is 10.8. The molecule has 1 spiro atoms. The van der Waals surface area contributed by atoms with E-state index in [1.807, 2.05) is 6.92 Å². The van der Waals surface area contributed by atoms with E-state index in [1.165, 1.54) is 0 Å². The van der Waals surface area contributed by atoms with Gasteiger partial charge in [-0.3, -0.25) is 10.1 Å². The van der Waals surface area contributed by atoms with Gasteiger partial charge in [0.15, 0.2) is 0 Å². The van der Waals surface area contributed by atoms with Crippen LogP contribution in [0.2, 0.25) is 0 Å². The number of amides is 1. The SMILES string of the molecule is C=CC1=C(/C=C\C)C(O)(O)NC2(CCN(C=O)CC2)C1. The zero-order valence-corrected chi connectivity index (χ0v) is 11.8. The van der Waals surface area contributed by atoms with Crippen molar-refractivity contribution in [1.82, 2.24) is 10.2 Å². The van der Waals surface area contributed by atoms with Crippen molar-refractivity contribution >= 4 is 6.41 Å². The number of hydrogen-bond acceptors (Lipinski definition) is 4. The van der Waals surface area contributed by atoms with E-state index >= 15 is 0 Å². The quantitative estimate of drug-likeness (QED) is 0.524. The second-order valence-electron chi connectivity index (χ2n) is 5.54. The molecule has 1 saturated heterocycles. The molecule has 20 heavy (non-hydrogen) atoms. The largest absolute Gasteiger partial charge is 0.350 e. The van der Waals surface area contributed by atoms with Crippen molar-refractivity contribution in [2.45, 2.75) is 37.6 Å². The normalized spacial score (nSPS) is 25.2. The van der Waals surface area contributed by atoms with Gasteiger partial charge in [-0.2, -0.15) is 0 Å². The Balaban J connectivity index is 2.30. The third kappa shape index (κ3) is 2.70. The first-order valence-corrected chi connectivity index (χ1v) is 6.88. The summed E-state index contributed by atoms with van der Waals surface area (Å²) in [5.74, 6) is -2.06. The van der Waals surface area contributed by atoms with Crippen molar-refractivity contribution in [1.29, 1.82) is 0 Å². The minimum absolute atomic E-state index is 0.391. The summed E-state index contributed by atoms with van der Waals surface area (Å²) in [6.07, 6.45) is 8.06. The van der Waals surface area contributed by atoms with E-state index in [0.717, 1.165) is 12.0 Å². The number of piperidine rings is 1. The number of aliphatic hydroxyl groups is 2. The van der Waals surface area contributed by atoms with Gasteiger partial charge in [0.1, 0.15) is 0 Å². The molecule has 5 heteroatoms. The Morgan fingerprint density at radius 1 is 1.35 bits per heavy atom. The first-order valence-electron chi connectivity index (χ1n) is 6.88.